The average molecular weight is 328 g/mol. The van der Waals surface area contributed by atoms with Crippen LogP contribution in [-0.2, 0) is 17.8 Å². The maximum absolute atomic E-state index is 12.9. The molecule has 0 bridgehead atoms. The normalized spacial score (nSPS) is 15.1. The maximum Gasteiger partial charge on any atom is 0.230 e. The van der Waals surface area contributed by atoms with Gasteiger partial charge in [-0.15, -0.1) is 5.10 Å². The van der Waals surface area contributed by atoms with Gasteiger partial charge in [-0.3, -0.25) is 4.79 Å². The Balaban J connectivity index is 1.77. The van der Waals surface area contributed by atoms with Crippen LogP contribution < -0.4 is 5.32 Å². The van der Waals surface area contributed by atoms with Crippen molar-refractivity contribution in [3.63, 3.8) is 0 Å². The highest BCUT2D eigenvalue weighted by molar-refractivity contribution is 5.83. The summed E-state index contributed by atoms with van der Waals surface area (Å²) in [5.74, 6) is 2.36. The van der Waals surface area contributed by atoms with Crippen molar-refractivity contribution in [2.24, 2.45) is 0 Å². The summed E-state index contributed by atoms with van der Waals surface area (Å²) in [5, 5.41) is 11.6. The lowest BCUT2D eigenvalue weighted by Gasteiger charge is -2.30. The summed E-state index contributed by atoms with van der Waals surface area (Å²) in [6.45, 7) is 9.86. The molecule has 1 aliphatic rings. The van der Waals surface area contributed by atoms with Crippen LogP contribution in [0.15, 0.2) is 16.5 Å². The first-order chi connectivity index (χ1) is 11.5. The fraction of sp³-hybridized carbons (Fsp3) is 0.500. The average Bonchev–Trinajstić information content (AvgIpc) is 2.91. The van der Waals surface area contributed by atoms with Gasteiger partial charge < -0.3 is 14.6 Å². The third kappa shape index (κ3) is 3.13. The summed E-state index contributed by atoms with van der Waals surface area (Å²) in [4.78, 5) is 14.8. The second-order valence-electron chi connectivity index (χ2n) is 6.33. The third-order valence-corrected chi connectivity index (χ3v) is 4.53. The van der Waals surface area contributed by atoms with E-state index in [1.807, 2.05) is 44.7 Å². The Labute approximate surface area is 142 Å². The van der Waals surface area contributed by atoms with Crippen LogP contribution in [-0.4, -0.2) is 34.1 Å². The molecule has 0 radical (unpaired) electrons. The summed E-state index contributed by atoms with van der Waals surface area (Å²) in [5.41, 5.74) is 3.04. The SMILES string of the molecule is CCNc1cc2c(nn1)CCN(C(=O)[C@@H](C)c1cc(C)oc1C)C2. The molecule has 3 heterocycles. The van der Waals surface area contributed by atoms with E-state index in [1.165, 1.54) is 0 Å². The van der Waals surface area contributed by atoms with Gasteiger partial charge in [0, 0.05) is 31.6 Å². The molecule has 0 spiro atoms. The molecule has 0 saturated carbocycles. The minimum Gasteiger partial charge on any atom is -0.466 e. The van der Waals surface area contributed by atoms with Crippen LogP contribution >= 0.6 is 0 Å². The minimum atomic E-state index is -0.202. The van der Waals surface area contributed by atoms with Crippen molar-refractivity contribution in [2.45, 2.75) is 46.6 Å². The zero-order valence-corrected chi connectivity index (χ0v) is 14.7. The molecular formula is C18H24N4O2. The number of amides is 1. The molecule has 0 aromatic carbocycles. The Morgan fingerprint density at radius 2 is 2.17 bits per heavy atom. The summed E-state index contributed by atoms with van der Waals surface area (Å²) < 4.78 is 5.57. The molecule has 1 N–H and O–H groups in total. The fourth-order valence-electron chi connectivity index (χ4n) is 3.27. The lowest BCUT2D eigenvalue weighted by molar-refractivity contribution is -0.133. The Bertz CT molecular complexity index is 753. The molecule has 1 amide bonds. The number of fused-ring (bicyclic) bond motifs is 1. The standard InChI is InChI=1S/C18H24N4O2/c1-5-19-17-9-14-10-22(7-6-16(14)20-21-17)18(23)12(3)15-8-11(2)24-13(15)4/h8-9,12H,5-7,10H2,1-4H3,(H,19,21)/t12-/m0/s1. The van der Waals surface area contributed by atoms with E-state index in [-0.39, 0.29) is 11.8 Å². The van der Waals surface area contributed by atoms with Crippen LogP contribution in [0.3, 0.4) is 0 Å². The van der Waals surface area contributed by atoms with Crippen molar-refractivity contribution in [1.29, 1.82) is 0 Å². The van der Waals surface area contributed by atoms with E-state index in [1.54, 1.807) is 0 Å². The van der Waals surface area contributed by atoms with Gasteiger partial charge in [0.2, 0.25) is 5.91 Å². The summed E-state index contributed by atoms with van der Waals surface area (Å²) in [7, 11) is 0. The van der Waals surface area contributed by atoms with Crippen molar-refractivity contribution in [1.82, 2.24) is 15.1 Å². The lowest BCUT2D eigenvalue weighted by Crippen LogP contribution is -2.39. The van der Waals surface area contributed by atoms with Crippen molar-refractivity contribution in [2.75, 3.05) is 18.4 Å². The predicted octanol–water partition coefficient (Wildman–Crippen LogP) is 2.81. The number of hydrogen-bond acceptors (Lipinski definition) is 5. The molecule has 3 rings (SSSR count). The first-order valence-electron chi connectivity index (χ1n) is 8.44. The maximum atomic E-state index is 12.9. The van der Waals surface area contributed by atoms with Crippen LogP contribution in [0.1, 0.15) is 48.1 Å². The van der Waals surface area contributed by atoms with Crippen molar-refractivity contribution < 1.29 is 9.21 Å². The van der Waals surface area contributed by atoms with Crippen LogP contribution in [0.25, 0.3) is 0 Å². The van der Waals surface area contributed by atoms with Gasteiger partial charge in [-0.2, -0.15) is 5.10 Å². The topological polar surface area (TPSA) is 71.3 Å². The monoisotopic (exact) mass is 328 g/mol. The third-order valence-electron chi connectivity index (χ3n) is 4.53. The minimum absolute atomic E-state index is 0.131. The first kappa shape index (κ1) is 16.5. The highest BCUT2D eigenvalue weighted by Crippen LogP contribution is 2.27. The second kappa shape index (κ2) is 6.63. The quantitative estimate of drug-likeness (QED) is 0.934. The number of aromatic nitrogens is 2. The number of hydrogen-bond donors (Lipinski definition) is 1. The van der Waals surface area contributed by atoms with Crippen molar-refractivity contribution in [3.05, 3.63) is 40.5 Å². The highest BCUT2D eigenvalue weighted by atomic mass is 16.3. The van der Waals surface area contributed by atoms with E-state index in [0.29, 0.717) is 13.1 Å². The van der Waals surface area contributed by atoms with Gasteiger partial charge in [-0.1, -0.05) is 0 Å². The van der Waals surface area contributed by atoms with E-state index in [2.05, 4.69) is 15.5 Å². The van der Waals surface area contributed by atoms with Gasteiger partial charge in [0.25, 0.3) is 0 Å². The number of carbonyl (C=O) groups excluding carboxylic acids is 1. The van der Waals surface area contributed by atoms with Gasteiger partial charge >= 0.3 is 0 Å². The number of nitrogens with zero attached hydrogens (tertiary/aromatic N) is 3. The van der Waals surface area contributed by atoms with E-state index < -0.39 is 0 Å². The highest BCUT2D eigenvalue weighted by Gasteiger charge is 2.28. The van der Waals surface area contributed by atoms with Crippen molar-refractivity contribution in [3.8, 4) is 0 Å². The van der Waals surface area contributed by atoms with Gasteiger partial charge in [-0.25, -0.2) is 0 Å². The van der Waals surface area contributed by atoms with Crippen LogP contribution in [0.4, 0.5) is 5.82 Å². The number of aryl methyl sites for hydroxylation is 2. The summed E-state index contributed by atoms with van der Waals surface area (Å²) >= 11 is 0. The van der Waals surface area contributed by atoms with E-state index >= 15 is 0 Å². The zero-order valence-electron chi connectivity index (χ0n) is 14.7. The Hall–Kier alpha value is -2.37. The van der Waals surface area contributed by atoms with Gasteiger partial charge in [0.1, 0.15) is 17.3 Å². The van der Waals surface area contributed by atoms with E-state index in [9.17, 15) is 4.79 Å². The number of anilines is 1. The van der Waals surface area contributed by atoms with E-state index in [0.717, 1.165) is 47.1 Å². The van der Waals surface area contributed by atoms with E-state index in [4.69, 9.17) is 4.42 Å². The van der Waals surface area contributed by atoms with Crippen LogP contribution in [0.2, 0.25) is 0 Å². The molecule has 1 aliphatic heterocycles. The molecule has 2 aromatic heterocycles. The molecule has 0 unspecified atom stereocenters. The molecule has 6 nitrogen and oxygen atoms in total. The largest absolute Gasteiger partial charge is 0.466 e. The molecule has 0 saturated heterocycles. The smallest absolute Gasteiger partial charge is 0.230 e. The molecule has 6 heteroatoms. The first-order valence-corrected chi connectivity index (χ1v) is 8.44. The Kier molecular flexibility index (Phi) is 4.55. The molecule has 0 aliphatic carbocycles. The molecule has 24 heavy (non-hydrogen) atoms. The number of furan rings is 1. The summed E-state index contributed by atoms with van der Waals surface area (Å²) in [6, 6.07) is 3.97. The fourth-order valence-corrected chi connectivity index (χ4v) is 3.27. The predicted molar refractivity (Wildman–Crippen MR) is 91.9 cm³/mol. The zero-order chi connectivity index (χ0) is 17.3. The van der Waals surface area contributed by atoms with Crippen LogP contribution in [0, 0.1) is 13.8 Å². The molecule has 1 atom stereocenters. The second-order valence-corrected chi connectivity index (χ2v) is 6.33. The Morgan fingerprint density at radius 1 is 1.38 bits per heavy atom. The number of carbonyl (C=O) groups is 1. The lowest BCUT2D eigenvalue weighted by atomic mass is 9.98. The molecule has 128 valence electrons. The number of rotatable bonds is 4. The number of nitrogens with one attached hydrogen (secondary N) is 1. The van der Waals surface area contributed by atoms with Crippen LogP contribution in [0.5, 0.6) is 0 Å². The summed E-state index contributed by atoms with van der Waals surface area (Å²) in [6.07, 6.45) is 0.747. The molecular weight excluding hydrogens is 304 g/mol. The Morgan fingerprint density at radius 3 is 2.83 bits per heavy atom. The molecule has 2 aromatic rings. The van der Waals surface area contributed by atoms with Gasteiger partial charge in [0.05, 0.1) is 11.6 Å². The van der Waals surface area contributed by atoms with Gasteiger partial charge in [0.15, 0.2) is 0 Å². The van der Waals surface area contributed by atoms with Crippen molar-refractivity contribution >= 4 is 11.7 Å². The van der Waals surface area contributed by atoms with Gasteiger partial charge in [-0.05, 0) is 45.4 Å². The molecule has 0 fully saturated rings.